The van der Waals surface area contributed by atoms with Gasteiger partial charge in [-0.25, -0.2) is 0 Å². The number of alkyl halides is 3. The molecule has 0 saturated heterocycles. The SMILES string of the molecule is CC(C)c1ccc(C(F)(F)F)cn1. The van der Waals surface area contributed by atoms with Crippen molar-refractivity contribution < 1.29 is 13.2 Å². The molecule has 1 nitrogen and oxygen atoms in total. The van der Waals surface area contributed by atoms with E-state index in [0.29, 0.717) is 5.69 Å². The summed E-state index contributed by atoms with van der Waals surface area (Å²) >= 11 is 0. The Morgan fingerprint density at radius 2 is 1.85 bits per heavy atom. The maximum atomic E-state index is 12.1. The predicted molar refractivity (Wildman–Crippen MR) is 43.3 cm³/mol. The lowest BCUT2D eigenvalue weighted by Gasteiger charge is -2.08. The minimum atomic E-state index is -4.29. The molecule has 0 aliphatic carbocycles. The van der Waals surface area contributed by atoms with E-state index in [1.54, 1.807) is 0 Å². The van der Waals surface area contributed by atoms with Gasteiger partial charge in [-0.2, -0.15) is 13.2 Å². The van der Waals surface area contributed by atoms with Crippen molar-refractivity contribution in [1.82, 2.24) is 4.98 Å². The summed E-state index contributed by atoms with van der Waals surface area (Å²) in [7, 11) is 0. The summed E-state index contributed by atoms with van der Waals surface area (Å²) < 4.78 is 36.2. The molecule has 0 bridgehead atoms. The lowest BCUT2D eigenvalue weighted by molar-refractivity contribution is -0.137. The summed E-state index contributed by atoms with van der Waals surface area (Å²) in [5.41, 5.74) is -0.0232. The molecule has 0 unspecified atom stereocenters. The molecular weight excluding hydrogens is 179 g/mol. The van der Waals surface area contributed by atoms with Gasteiger partial charge in [0.05, 0.1) is 5.56 Å². The molecule has 0 aromatic carbocycles. The van der Waals surface area contributed by atoms with Gasteiger partial charge < -0.3 is 0 Å². The summed E-state index contributed by atoms with van der Waals surface area (Å²) in [4.78, 5) is 3.72. The van der Waals surface area contributed by atoms with Crippen LogP contribution in [0.1, 0.15) is 31.0 Å². The van der Waals surface area contributed by atoms with Crippen molar-refractivity contribution in [2.24, 2.45) is 0 Å². The van der Waals surface area contributed by atoms with E-state index in [4.69, 9.17) is 0 Å². The second-order valence-electron chi connectivity index (χ2n) is 3.12. The molecule has 0 spiro atoms. The normalized spacial score (nSPS) is 12.2. The Morgan fingerprint density at radius 1 is 1.23 bits per heavy atom. The van der Waals surface area contributed by atoms with Crippen LogP contribution in [0.15, 0.2) is 18.3 Å². The number of rotatable bonds is 1. The Kier molecular flexibility index (Phi) is 2.59. The highest BCUT2D eigenvalue weighted by atomic mass is 19.4. The fraction of sp³-hybridized carbons (Fsp3) is 0.444. The van der Waals surface area contributed by atoms with Crippen LogP contribution in [0.4, 0.5) is 13.2 Å². The van der Waals surface area contributed by atoms with Crippen LogP contribution in [-0.4, -0.2) is 4.98 Å². The molecule has 0 N–H and O–H groups in total. The van der Waals surface area contributed by atoms with Crippen LogP contribution >= 0.6 is 0 Å². The van der Waals surface area contributed by atoms with Crippen LogP contribution in [0.5, 0.6) is 0 Å². The van der Waals surface area contributed by atoms with E-state index in [9.17, 15) is 13.2 Å². The number of pyridine rings is 1. The van der Waals surface area contributed by atoms with Gasteiger partial charge >= 0.3 is 6.18 Å². The van der Waals surface area contributed by atoms with Gasteiger partial charge in [-0.3, -0.25) is 4.98 Å². The fourth-order valence-corrected chi connectivity index (χ4v) is 0.915. The molecule has 0 amide bonds. The highest BCUT2D eigenvalue weighted by molar-refractivity contribution is 5.18. The Hall–Kier alpha value is -1.06. The monoisotopic (exact) mass is 189 g/mol. The van der Waals surface area contributed by atoms with E-state index in [-0.39, 0.29) is 5.92 Å². The standard InChI is InChI=1S/C9H10F3N/c1-6(2)8-4-3-7(5-13-8)9(10,11)12/h3-6H,1-2H3. The molecule has 13 heavy (non-hydrogen) atoms. The summed E-state index contributed by atoms with van der Waals surface area (Å²) in [5.74, 6) is 0.155. The lowest BCUT2D eigenvalue weighted by atomic mass is 10.1. The van der Waals surface area contributed by atoms with E-state index in [1.165, 1.54) is 6.07 Å². The Bertz CT molecular complexity index is 274. The minimum Gasteiger partial charge on any atom is -0.260 e. The first-order chi connectivity index (χ1) is 5.91. The van der Waals surface area contributed by atoms with E-state index < -0.39 is 11.7 Å². The van der Waals surface area contributed by atoms with Gasteiger partial charge in [0.15, 0.2) is 0 Å². The van der Waals surface area contributed by atoms with Crippen molar-refractivity contribution in [2.45, 2.75) is 25.9 Å². The largest absolute Gasteiger partial charge is 0.417 e. The third kappa shape index (κ3) is 2.44. The molecule has 1 aromatic heterocycles. The topological polar surface area (TPSA) is 12.9 Å². The second kappa shape index (κ2) is 3.36. The molecule has 0 saturated carbocycles. The van der Waals surface area contributed by atoms with Crippen LogP contribution in [0, 0.1) is 0 Å². The molecule has 1 heterocycles. The molecule has 72 valence electrons. The van der Waals surface area contributed by atoms with E-state index in [1.807, 2.05) is 13.8 Å². The van der Waals surface area contributed by atoms with Gasteiger partial charge in [0.25, 0.3) is 0 Å². The van der Waals surface area contributed by atoms with Crippen LogP contribution < -0.4 is 0 Å². The minimum absolute atomic E-state index is 0.155. The molecule has 1 aromatic rings. The Labute approximate surface area is 74.6 Å². The van der Waals surface area contributed by atoms with Gasteiger partial charge in [0, 0.05) is 11.9 Å². The molecule has 0 aliphatic heterocycles. The number of halogens is 3. The van der Waals surface area contributed by atoms with E-state index in [0.717, 1.165) is 12.3 Å². The molecule has 4 heteroatoms. The fourth-order valence-electron chi connectivity index (χ4n) is 0.915. The summed E-state index contributed by atoms with van der Waals surface area (Å²) in [5, 5.41) is 0. The Balaban J connectivity index is 2.94. The zero-order valence-corrected chi connectivity index (χ0v) is 7.39. The lowest BCUT2D eigenvalue weighted by Crippen LogP contribution is -2.06. The Morgan fingerprint density at radius 3 is 2.15 bits per heavy atom. The molecule has 0 aliphatic rings. The zero-order chi connectivity index (χ0) is 10.1. The van der Waals surface area contributed by atoms with Crippen LogP contribution in [0.2, 0.25) is 0 Å². The van der Waals surface area contributed by atoms with E-state index >= 15 is 0 Å². The van der Waals surface area contributed by atoms with Gasteiger partial charge in [-0.15, -0.1) is 0 Å². The van der Waals surface area contributed by atoms with Crippen molar-refractivity contribution in [3.63, 3.8) is 0 Å². The van der Waals surface area contributed by atoms with Gasteiger partial charge in [0.1, 0.15) is 0 Å². The smallest absolute Gasteiger partial charge is 0.260 e. The van der Waals surface area contributed by atoms with Crippen molar-refractivity contribution in [3.05, 3.63) is 29.6 Å². The first kappa shape index (κ1) is 10.0. The van der Waals surface area contributed by atoms with Crippen molar-refractivity contribution in [3.8, 4) is 0 Å². The van der Waals surface area contributed by atoms with Crippen molar-refractivity contribution in [1.29, 1.82) is 0 Å². The second-order valence-corrected chi connectivity index (χ2v) is 3.12. The highest BCUT2D eigenvalue weighted by Crippen LogP contribution is 2.28. The molecule has 1 rings (SSSR count). The third-order valence-electron chi connectivity index (χ3n) is 1.71. The molecule has 0 atom stereocenters. The van der Waals surface area contributed by atoms with Crippen molar-refractivity contribution >= 4 is 0 Å². The zero-order valence-electron chi connectivity index (χ0n) is 7.39. The average Bonchev–Trinajstić information content (AvgIpc) is 2.03. The van der Waals surface area contributed by atoms with Gasteiger partial charge in [-0.05, 0) is 18.1 Å². The third-order valence-corrected chi connectivity index (χ3v) is 1.71. The average molecular weight is 189 g/mol. The number of hydrogen-bond donors (Lipinski definition) is 0. The highest BCUT2D eigenvalue weighted by Gasteiger charge is 2.30. The van der Waals surface area contributed by atoms with Gasteiger partial charge in [0.2, 0.25) is 0 Å². The number of hydrogen-bond acceptors (Lipinski definition) is 1. The van der Waals surface area contributed by atoms with E-state index in [2.05, 4.69) is 4.98 Å². The predicted octanol–water partition coefficient (Wildman–Crippen LogP) is 3.22. The van der Waals surface area contributed by atoms with Crippen LogP contribution in [0.3, 0.4) is 0 Å². The van der Waals surface area contributed by atoms with Gasteiger partial charge in [-0.1, -0.05) is 13.8 Å². The maximum Gasteiger partial charge on any atom is 0.417 e. The molecular formula is C9H10F3N. The quantitative estimate of drug-likeness (QED) is 0.660. The number of nitrogens with zero attached hydrogens (tertiary/aromatic N) is 1. The van der Waals surface area contributed by atoms with Crippen LogP contribution in [0.25, 0.3) is 0 Å². The maximum absolute atomic E-state index is 12.1. The van der Waals surface area contributed by atoms with Crippen molar-refractivity contribution in [2.75, 3.05) is 0 Å². The summed E-state index contributed by atoms with van der Waals surface area (Å²) in [6.45, 7) is 3.77. The summed E-state index contributed by atoms with van der Waals surface area (Å²) in [6, 6.07) is 2.47. The first-order valence-corrected chi connectivity index (χ1v) is 3.94. The van der Waals surface area contributed by atoms with Crippen LogP contribution in [-0.2, 0) is 6.18 Å². The molecule has 0 fully saturated rings. The summed E-state index contributed by atoms with van der Waals surface area (Å²) in [6.07, 6.45) is -3.42. The number of aromatic nitrogens is 1. The molecule has 0 radical (unpaired) electrons. The first-order valence-electron chi connectivity index (χ1n) is 3.94.